The molecule has 0 fully saturated rings. The molecule has 0 unspecified atom stereocenters. The summed E-state index contributed by atoms with van der Waals surface area (Å²) in [6.07, 6.45) is 0. The first-order chi connectivity index (χ1) is 6.77. The fourth-order valence-corrected chi connectivity index (χ4v) is 1.34. The van der Waals surface area contributed by atoms with Crippen molar-refractivity contribution in [2.24, 2.45) is 0 Å². The second-order valence-electron chi connectivity index (χ2n) is 2.99. The average Bonchev–Trinajstić information content (AvgIpc) is 2.18. The van der Waals surface area contributed by atoms with Crippen molar-refractivity contribution < 1.29 is 10.2 Å². The quantitative estimate of drug-likeness (QED) is 0.716. The molecule has 2 aromatic rings. The Labute approximate surface area is 82.1 Å². The fraction of sp³-hybridized carbons (Fsp3) is 0. The van der Waals surface area contributed by atoms with Gasteiger partial charge in [0.2, 0.25) is 0 Å². The Morgan fingerprint density at radius 1 is 1.07 bits per heavy atom. The first kappa shape index (κ1) is 8.63. The smallest absolute Gasteiger partial charge is 0.124 e. The molecule has 2 heteroatoms. The van der Waals surface area contributed by atoms with E-state index in [2.05, 4.69) is 6.07 Å². The molecule has 2 N–H and O–H groups in total. The standard InChI is InChI=1S/C12H9O2/c13-10-5-3-4-9(8-10)11-6-1-2-7-12(11)14/h1,3-8,13-14H. The molecule has 0 saturated carbocycles. The van der Waals surface area contributed by atoms with Crippen LogP contribution in [0.1, 0.15) is 0 Å². The minimum Gasteiger partial charge on any atom is -0.508 e. The van der Waals surface area contributed by atoms with Crippen molar-refractivity contribution in [3.05, 3.63) is 48.5 Å². The molecule has 1 radical (unpaired) electrons. The zero-order valence-corrected chi connectivity index (χ0v) is 7.44. The van der Waals surface area contributed by atoms with Gasteiger partial charge in [0, 0.05) is 5.56 Å². The zero-order valence-electron chi connectivity index (χ0n) is 7.44. The van der Waals surface area contributed by atoms with E-state index in [9.17, 15) is 10.2 Å². The van der Waals surface area contributed by atoms with Gasteiger partial charge in [-0.25, -0.2) is 0 Å². The van der Waals surface area contributed by atoms with Crippen LogP contribution in [0.4, 0.5) is 0 Å². The molecule has 2 rings (SSSR count). The molecule has 0 heterocycles. The number of rotatable bonds is 1. The number of phenolic OH excluding ortho intramolecular Hbond substituents is 2. The van der Waals surface area contributed by atoms with E-state index in [1.807, 2.05) is 6.07 Å². The van der Waals surface area contributed by atoms with Gasteiger partial charge in [-0.15, -0.1) is 0 Å². The van der Waals surface area contributed by atoms with Crippen LogP contribution in [0.5, 0.6) is 11.5 Å². The molecule has 0 spiro atoms. The summed E-state index contributed by atoms with van der Waals surface area (Å²) >= 11 is 0. The lowest BCUT2D eigenvalue weighted by Crippen LogP contribution is -1.77. The van der Waals surface area contributed by atoms with Gasteiger partial charge in [-0.05, 0) is 29.8 Å². The number of phenols is 2. The van der Waals surface area contributed by atoms with Gasteiger partial charge in [-0.3, -0.25) is 0 Å². The van der Waals surface area contributed by atoms with E-state index in [0.717, 1.165) is 5.56 Å². The van der Waals surface area contributed by atoms with E-state index >= 15 is 0 Å². The van der Waals surface area contributed by atoms with Crippen molar-refractivity contribution in [2.45, 2.75) is 0 Å². The molecule has 2 aromatic carbocycles. The Morgan fingerprint density at radius 3 is 2.64 bits per heavy atom. The van der Waals surface area contributed by atoms with E-state index in [-0.39, 0.29) is 11.5 Å². The second kappa shape index (κ2) is 3.42. The third kappa shape index (κ3) is 1.55. The maximum Gasteiger partial charge on any atom is 0.124 e. The van der Waals surface area contributed by atoms with Crippen molar-refractivity contribution in [1.82, 2.24) is 0 Å². The van der Waals surface area contributed by atoms with Crippen LogP contribution >= 0.6 is 0 Å². The molecule has 14 heavy (non-hydrogen) atoms. The Bertz CT molecular complexity index is 450. The van der Waals surface area contributed by atoms with Gasteiger partial charge in [0.25, 0.3) is 0 Å². The number of aromatic hydroxyl groups is 2. The van der Waals surface area contributed by atoms with E-state index in [0.29, 0.717) is 5.56 Å². The van der Waals surface area contributed by atoms with Gasteiger partial charge >= 0.3 is 0 Å². The van der Waals surface area contributed by atoms with Crippen LogP contribution in [-0.2, 0) is 0 Å². The molecule has 0 atom stereocenters. The van der Waals surface area contributed by atoms with Crippen molar-refractivity contribution in [1.29, 1.82) is 0 Å². The average molecular weight is 185 g/mol. The summed E-state index contributed by atoms with van der Waals surface area (Å²) in [6, 6.07) is 14.5. The molecular formula is C12H9O2. The monoisotopic (exact) mass is 185 g/mol. The van der Waals surface area contributed by atoms with Crippen molar-refractivity contribution in [2.75, 3.05) is 0 Å². The molecule has 0 aliphatic heterocycles. The van der Waals surface area contributed by atoms with Crippen molar-refractivity contribution in [3.8, 4) is 22.6 Å². The first-order valence-corrected chi connectivity index (χ1v) is 4.26. The third-order valence-electron chi connectivity index (χ3n) is 2.00. The zero-order chi connectivity index (χ0) is 9.97. The Balaban J connectivity index is 2.55. The normalized spacial score (nSPS) is 10.0. The minimum atomic E-state index is 0.165. The minimum absolute atomic E-state index is 0.165. The van der Waals surface area contributed by atoms with Crippen molar-refractivity contribution >= 4 is 0 Å². The Morgan fingerprint density at radius 2 is 1.93 bits per heavy atom. The lowest BCUT2D eigenvalue weighted by Gasteiger charge is -2.03. The summed E-state index contributed by atoms with van der Waals surface area (Å²) in [5.41, 5.74) is 1.48. The SMILES string of the molecule is Oc1cccc(-c2cc[c]cc2O)c1. The molecule has 0 amide bonds. The molecule has 0 saturated heterocycles. The molecule has 0 aliphatic rings. The van der Waals surface area contributed by atoms with E-state index in [1.165, 1.54) is 6.07 Å². The lowest BCUT2D eigenvalue weighted by atomic mass is 10.0. The molecule has 0 aromatic heterocycles. The summed E-state index contributed by atoms with van der Waals surface area (Å²) in [6.45, 7) is 0. The summed E-state index contributed by atoms with van der Waals surface area (Å²) in [4.78, 5) is 0. The van der Waals surface area contributed by atoms with E-state index in [4.69, 9.17) is 0 Å². The van der Waals surface area contributed by atoms with Crippen LogP contribution in [0.15, 0.2) is 42.5 Å². The maximum absolute atomic E-state index is 9.54. The maximum atomic E-state index is 9.54. The largest absolute Gasteiger partial charge is 0.508 e. The molecule has 0 bridgehead atoms. The first-order valence-electron chi connectivity index (χ1n) is 4.26. The van der Waals surface area contributed by atoms with Crippen molar-refractivity contribution in [3.63, 3.8) is 0 Å². The Hall–Kier alpha value is -1.96. The number of hydrogen-bond acceptors (Lipinski definition) is 2. The highest BCUT2D eigenvalue weighted by atomic mass is 16.3. The van der Waals surface area contributed by atoms with Gasteiger partial charge in [0.15, 0.2) is 0 Å². The van der Waals surface area contributed by atoms with Crippen LogP contribution in [-0.4, -0.2) is 10.2 Å². The molecule has 69 valence electrons. The highest BCUT2D eigenvalue weighted by molar-refractivity contribution is 5.70. The summed E-state index contributed by atoms with van der Waals surface area (Å²) in [5.74, 6) is 0.354. The summed E-state index contributed by atoms with van der Waals surface area (Å²) < 4.78 is 0. The predicted molar refractivity (Wildman–Crippen MR) is 54.0 cm³/mol. The number of hydrogen-bond donors (Lipinski definition) is 2. The second-order valence-corrected chi connectivity index (χ2v) is 2.99. The van der Waals surface area contributed by atoms with E-state index in [1.54, 1.807) is 30.3 Å². The molecule has 0 aliphatic carbocycles. The Kier molecular flexibility index (Phi) is 2.11. The van der Waals surface area contributed by atoms with Gasteiger partial charge in [-0.2, -0.15) is 0 Å². The summed E-state index contributed by atoms with van der Waals surface area (Å²) in [7, 11) is 0. The topological polar surface area (TPSA) is 40.5 Å². The van der Waals surface area contributed by atoms with E-state index < -0.39 is 0 Å². The van der Waals surface area contributed by atoms with Crippen LogP contribution in [0, 0.1) is 6.07 Å². The lowest BCUT2D eigenvalue weighted by molar-refractivity contribution is 0.474. The molecule has 2 nitrogen and oxygen atoms in total. The third-order valence-corrected chi connectivity index (χ3v) is 2.00. The summed E-state index contributed by atoms with van der Waals surface area (Å²) in [5, 5.41) is 18.8. The van der Waals surface area contributed by atoms with Crippen LogP contribution in [0.2, 0.25) is 0 Å². The van der Waals surface area contributed by atoms with Gasteiger partial charge < -0.3 is 10.2 Å². The van der Waals surface area contributed by atoms with Gasteiger partial charge in [-0.1, -0.05) is 24.3 Å². The predicted octanol–water partition coefficient (Wildman–Crippen LogP) is 2.56. The highest BCUT2D eigenvalue weighted by Crippen LogP contribution is 2.29. The number of benzene rings is 2. The molecular weight excluding hydrogens is 176 g/mol. The van der Waals surface area contributed by atoms with Crippen LogP contribution in [0.3, 0.4) is 0 Å². The van der Waals surface area contributed by atoms with Crippen LogP contribution in [0.25, 0.3) is 11.1 Å². The fourth-order valence-electron chi connectivity index (χ4n) is 1.34. The van der Waals surface area contributed by atoms with Gasteiger partial charge in [0.1, 0.15) is 11.5 Å². The van der Waals surface area contributed by atoms with Crippen LogP contribution < -0.4 is 0 Å². The highest BCUT2D eigenvalue weighted by Gasteiger charge is 2.02. The van der Waals surface area contributed by atoms with Gasteiger partial charge in [0.05, 0.1) is 0 Å².